The Labute approximate surface area is 188 Å². The predicted octanol–water partition coefficient (Wildman–Crippen LogP) is 4.37. The number of hydrogen-bond donors (Lipinski definition) is 2. The summed E-state index contributed by atoms with van der Waals surface area (Å²) in [6.07, 6.45) is 1.67. The lowest BCUT2D eigenvalue weighted by Crippen LogP contribution is -2.42. The lowest BCUT2D eigenvalue weighted by atomic mass is 9.84. The normalized spacial score (nSPS) is 15.5. The molecule has 6 heteroatoms. The first-order valence-electron chi connectivity index (χ1n) is 11.4. The first-order chi connectivity index (χ1) is 15.5. The van der Waals surface area contributed by atoms with E-state index in [1.54, 1.807) is 0 Å². The molecule has 0 aliphatic carbocycles. The van der Waals surface area contributed by atoms with Gasteiger partial charge in [-0.05, 0) is 55.5 Å². The van der Waals surface area contributed by atoms with Gasteiger partial charge in [0.2, 0.25) is 5.91 Å². The average Bonchev–Trinajstić information content (AvgIpc) is 3.27. The van der Waals surface area contributed by atoms with Gasteiger partial charge < -0.3 is 19.9 Å². The molecule has 2 amide bonds. The maximum absolute atomic E-state index is 12.9. The van der Waals surface area contributed by atoms with E-state index in [-0.39, 0.29) is 23.7 Å². The molecule has 1 fully saturated rings. The van der Waals surface area contributed by atoms with Crippen LogP contribution in [0, 0.1) is 11.8 Å². The van der Waals surface area contributed by atoms with Crippen molar-refractivity contribution in [2.45, 2.75) is 33.2 Å². The number of hydrogen-bond acceptors (Lipinski definition) is 3. The van der Waals surface area contributed by atoms with Crippen LogP contribution in [0.2, 0.25) is 0 Å². The quantitative estimate of drug-likeness (QED) is 0.581. The Bertz CT molecular complexity index is 1030. The number of amides is 2. The van der Waals surface area contributed by atoms with Gasteiger partial charge in [0.25, 0.3) is 5.91 Å². The van der Waals surface area contributed by atoms with Gasteiger partial charge in [-0.15, -0.1) is 0 Å². The highest BCUT2D eigenvalue weighted by Gasteiger charge is 2.30. The summed E-state index contributed by atoms with van der Waals surface area (Å²) in [6, 6.07) is 17.6. The van der Waals surface area contributed by atoms with Gasteiger partial charge in [0.1, 0.15) is 11.4 Å². The van der Waals surface area contributed by atoms with E-state index in [1.807, 2.05) is 73.3 Å². The minimum absolute atomic E-state index is 0.0345. The summed E-state index contributed by atoms with van der Waals surface area (Å²) in [5.41, 5.74) is 2.65. The van der Waals surface area contributed by atoms with Crippen LogP contribution < -0.4 is 10.1 Å². The summed E-state index contributed by atoms with van der Waals surface area (Å²) in [5.74, 6) is 1.14. The minimum atomic E-state index is -0.0805. The number of nitrogens with one attached hydrogen (secondary N) is 2. The summed E-state index contributed by atoms with van der Waals surface area (Å²) < 4.78 is 5.46. The number of carbonyl (C=O) groups excluding carboxylic acids is 2. The second-order valence-corrected chi connectivity index (χ2v) is 8.48. The molecule has 2 heterocycles. The van der Waals surface area contributed by atoms with Crippen LogP contribution in [0.1, 0.15) is 42.7 Å². The van der Waals surface area contributed by atoms with Gasteiger partial charge in [0, 0.05) is 36.5 Å². The monoisotopic (exact) mass is 433 g/mol. The first-order valence-corrected chi connectivity index (χ1v) is 11.4. The zero-order valence-corrected chi connectivity index (χ0v) is 18.8. The number of H-pyrrole nitrogens is 1. The second-order valence-electron chi connectivity index (χ2n) is 8.48. The number of nitrogens with zero attached hydrogens (tertiary/aromatic N) is 1. The van der Waals surface area contributed by atoms with Crippen LogP contribution in [-0.2, 0) is 11.3 Å². The molecule has 3 aromatic rings. The number of ether oxygens (including phenoxy) is 1. The molecule has 6 nitrogen and oxygen atoms in total. The zero-order valence-electron chi connectivity index (χ0n) is 18.8. The van der Waals surface area contributed by atoms with Crippen LogP contribution in [0.5, 0.6) is 5.75 Å². The minimum Gasteiger partial charge on any atom is -0.494 e. The third kappa shape index (κ3) is 4.96. The Balaban J connectivity index is 1.26. The maximum Gasteiger partial charge on any atom is 0.270 e. The van der Waals surface area contributed by atoms with Gasteiger partial charge in [0.15, 0.2) is 0 Å². The van der Waals surface area contributed by atoms with Crippen molar-refractivity contribution < 1.29 is 14.3 Å². The van der Waals surface area contributed by atoms with Crippen molar-refractivity contribution in [1.29, 1.82) is 0 Å². The van der Waals surface area contributed by atoms with E-state index < -0.39 is 0 Å². The highest BCUT2D eigenvalue weighted by atomic mass is 16.5. The smallest absolute Gasteiger partial charge is 0.270 e. The molecule has 2 N–H and O–H groups in total. The number of aromatic amines is 1. The van der Waals surface area contributed by atoms with Crippen molar-refractivity contribution in [2.24, 2.45) is 11.8 Å². The van der Waals surface area contributed by atoms with Crippen LogP contribution in [0.15, 0.2) is 54.6 Å². The number of piperidine rings is 1. The second kappa shape index (κ2) is 9.90. The lowest BCUT2D eigenvalue weighted by molar-refractivity contribution is -0.126. The van der Waals surface area contributed by atoms with Crippen LogP contribution in [0.4, 0.5) is 0 Å². The van der Waals surface area contributed by atoms with Crippen molar-refractivity contribution in [1.82, 2.24) is 15.2 Å². The number of fused-ring (bicyclic) bond motifs is 1. The van der Waals surface area contributed by atoms with E-state index in [1.165, 1.54) is 0 Å². The predicted molar refractivity (Wildman–Crippen MR) is 126 cm³/mol. The Morgan fingerprint density at radius 3 is 2.53 bits per heavy atom. The molecule has 32 heavy (non-hydrogen) atoms. The molecule has 1 aliphatic heterocycles. The van der Waals surface area contributed by atoms with Crippen LogP contribution in [0.3, 0.4) is 0 Å². The Kier molecular flexibility index (Phi) is 6.78. The molecule has 4 rings (SSSR count). The number of aromatic nitrogens is 1. The SMILES string of the molecule is CCOc1ccc(CNC(=O)C(C)C2CCN(C(=O)c3cc4ccccc4[nH]3)CC2)cc1. The Morgan fingerprint density at radius 1 is 1.12 bits per heavy atom. The fourth-order valence-electron chi connectivity index (χ4n) is 4.40. The molecular weight excluding hydrogens is 402 g/mol. The summed E-state index contributed by atoms with van der Waals surface area (Å²) in [5, 5.41) is 4.10. The Hall–Kier alpha value is -3.28. The standard InChI is InChI=1S/C26H31N3O3/c1-3-32-22-10-8-19(9-11-22)17-27-25(30)18(2)20-12-14-29(15-13-20)26(31)24-16-21-6-4-5-7-23(21)28-24/h4-11,16,18,20,28H,3,12-15,17H2,1-2H3,(H,27,30). The molecule has 0 spiro atoms. The number of para-hydroxylation sites is 1. The molecule has 1 aromatic heterocycles. The van der Waals surface area contributed by atoms with Crippen LogP contribution >= 0.6 is 0 Å². The van der Waals surface area contributed by atoms with Crippen molar-refractivity contribution in [3.05, 3.63) is 65.9 Å². The largest absolute Gasteiger partial charge is 0.494 e. The molecule has 2 aromatic carbocycles. The van der Waals surface area contributed by atoms with E-state index in [2.05, 4.69) is 10.3 Å². The highest BCUT2D eigenvalue weighted by molar-refractivity contribution is 5.98. The highest BCUT2D eigenvalue weighted by Crippen LogP contribution is 2.27. The van der Waals surface area contributed by atoms with Gasteiger partial charge in [0.05, 0.1) is 6.61 Å². The number of benzene rings is 2. The van der Waals surface area contributed by atoms with Gasteiger partial charge in [-0.25, -0.2) is 0 Å². The van der Waals surface area contributed by atoms with Gasteiger partial charge in [-0.3, -0.25) is 9.59 Å². The maximum atomic E-state index is 12.9. The van der Waals surface area contributed by atoms with Crippen molar-refractivity contribution in [2.75, 3.05) is 19.7 Å². The molecule has 1 unspecified atom stereocenters. The molecule has 0 bridgehead atoms. The van der Waals surface area contributed by atoms with E-state index in [0.29, 0.717) is 31.9 Å². The van der Waals surface area contributed by atoms with E-state index >= 15 is 0 Å². The number of likely N-dealkylation sites (tertiary alicyclic amines) is 1. The van der Waals surface area contributed by atoms with Crippen molar-refractivity contribution in [3.63, 3.8) is 0 Å². The summed E-state index contributed by atoms with van der Waals surface area (Å²) in [7, 11) is 0. The zero-order chi connectivity index (χ0) is 22.5. The molecule has 0 radical (unpaired) electrons. The third-order valence-electron chi connectivity index (χ3n) is 6.41. The fraction of sp³-hybridized carbons (Fsp3) is 0.385. The fourth-order valence-corrected chi connectivity index (χ4v) is 4.40. The molecule has 1 aliphatic rings. The van der Waals surface area contributed by atoms with Gasteiger partial charge in [-0.2, -0.15) is 0 Å². The molecule has 0 saturated carbocycles. The first kappa shape index (κ1) is 21.9. The van der Waals surface area contributed by atoms with Gasteiger partial charge in [-0.1, -0.05) is 37.3 Å². The van der Waals surface area contributed by atoms with E-state index in [0.717, 1.165) is 35.1 Å². The topological polar surface area (TPSA) is 74.4 Å². The van der Waals surface area contributed by atoms with E-state index in [9.17, 15) is 9.59 Å². The average molecular weight is 434 g/mol. The number of carbonyl (C=O) groups is 2. The summed E-state index contributed by atoms with van der Waals surface area (Å²) in [4.78, 5) is 30.7. The molecule has 168 valence electrons. The summed E-state index contributed by atoms with van der Waals surface area (Å²) in [6.45, 7) is 6.45. The molecular formula is C26H31N3O3. The Morgan fingerprint density at radius 2 is 1.84 bits per heavy atom. The molecule has 1 atom stereocenters. The van der Waals surface area contributed by atoms with Crippen molar-refractivity contribution >= 4 is 22.7 Å². The van der Waals surface area contributed by atoms with Crippen LogP contribution in [-0.4, -0.2) is 41.4 Å². The van der Waals surface area contributed by atoms with Crippen LogP contribution in [0.25, 0.3) is 10.9 Å². The molecule has 1 saturated heterocycles. The lowest BCUT2D eigenvalue weighted by Gasteiger charge is -2.34. The van der Waals surface area contributed by atoms with Gasteiger partial charge >= 0.3 is 0 Å². The number of rotatable bonds is 7. The van der Waals surface area contributed by atoms with Crippen molar-refractivity contribution in [3.8, 4) is 5.75 Å². The summed E-state index contributed by atoms with van der Waals surface area (Å²) >= 11 is 0. The third-order valence-corrected chi connectivity index (χ3v) is 6.41. The van der Waals surface area contributed by atoms with E-state index in [4.69, 9.17) is 4.74 Å².